The molecule has 0 bridgehead atoms. The summed E-state index contributed by atoms with van der Waals surface area (Å²) in [5.41, 5.74) is 0. The van der Waals surface area contributed by atoms with Gasteiger partial charge in [0.1, 0.15) is 0 Å². The topological polar surface area (TPSA) is 18.5 Å². The van der Waals surface area contributed by atoms with E-state index in [9.17, 15) is 0 Å². The second-order valence-electron chi connectivity index (χ2n) is 6.15. The summed E-state index contributed by atoms with van der Waals surface area (Å²) in [6.07, 6.45) is 19.9. The van der Waals surface area contributed by atoms with Crippen LogP contribution in [0.3, 0.4) is 0 Å². The molecule has 0 aliphatic rings. The van der Waals surface area contributed by atoms with Crippen LogP contribution in [0.1, 0.15) is 104 Å². The molecule has 22 heavy (non-hydrogen) atoms. The molecule has 0 amide bonds. The van der Waals surface area contributed by atoms with E-state index >= 15 is 0 Å². The van der Waals surface area contributed by atoms with Crippen molar-refractivity contribution in [2.75, 3.05) is 13.2 Å². The van der Waals surface area contributed by atoms with E-state index in [1.165, 1.54) is 77.0 Å². The molecule has 0 unspecified atom stereocenters. The first-order valence-corrected chi connectivity index (χ1v) is 9.89. The Morgan fingerprint density at radius 3 is 1.55 bits per heavy atom. The highest BCUT2D eigenvalue weighted by atomic mass is 16.7. The molecule has 133 valence electrons. The summed E-state index contributed by atoms with van der Waals surface area (Å²) < 4.78 is 11.1. The summed E-state index contributed by atoms with van der Waals surface area (Å²) >= 11 is 0. The molecule has 2 nitrogen and oxygen atoms in total. The summed E-state index contributed by atoms with van der Waals surface area (Å²) in [6, 6.07) is 0. The van der Waals surface area contributed by atoms with Crippen LogP contribution in [0.5, 0.6) is 0 Å². The molecule has 0 saturated carbocycles. The van der Waals surface area contributed by atoms with Crippen LogP contribution in [-0.4, -0.2) is 19.5 Å². The van der Waals surface area contributed by atoms with E-state index in [0.29, 0.717) is 0 Å². The lowest BCUT2D eigenvalue weighted by molar-refractivity contribution is -0.140. The minimum absolute atomic E-state index is 0.0277. The third kappa shape index (κ3) is 16.3. The highest BCUT2D eigenvalue weighted by molar-refractivity contribution is 4.60. The molecule has 0 aromatic heterocycles. The predicted octanol–water partition coefficient (Wildman–Crippen LogP) is 6.68. The lowest BCUT2D eigenvalue weighted by Gasteiger charge is -2.16. The molecule has 0 aromatic rings. The first kappa shape index (κ1) is 21.9. The van der Waals surface area contributed by atoms with Crippen LogP contribution < -0.4 is 0 Å². The van der Waals surface area contributed by atoms with Crippen molar-refractivity contribution in [2.24, 2.45) is 0 Å². The van der Waals surface area contributed by atoms with E-state index in [0.717, 1.165) is 19.6 Å². The Bertz CT molecular complexity index is 188. The van der Waals surface area contributed by atoms with E-state index in [2.05, 4.69) is 13.3 Å². The smallest absolute Gasteiger partial charge is 0.157 e. The highest BCUT2D eigenvalue weighted by Crippen LogP contribution is 2.14. The minimum Gasteiger partial charge on any atom is -0.353 e. The number of ether oxygens (including phenoxy) is 2. The van der Waals surface area contributed by atoms with Crippen molar-refractivity contribution in [1.82, 2.24) is 0 Å². The molecule has 0 aliphatic heterocycles. The Kier molecular flexibility index (Phi) is 18.9. The third-order valence-corrected chi connectivity index (χ3v) is 4.09. The summed E-state index contributed by atoms with van der Waals surface area (Å²) in [6.45, 7) is 7.80. The Hall–Kier alpha value is -0.0800. The average Bonchev–Trinajstić information content (AvgIpc) is 2.52. The second-order valence-corrected chi connectivity index (χ2v) is 6.15. The van der Waals surface area contributed by atoms with E-state index in [1.54, 1.807) is 0 Å². The second kappa shape index (κ2) is 19.0. The van der Waals surface area contributed by atoms with Gasteiger partial charge in [0.15, 0.2) is 6.29 Å². The molecular formula is C20H41O2. The van der Waals surface area contributed by atoms with Crippen molar-refractivity contribution in [3.8, 4) is 0 Å². The Labute approximate surface area is 140 Å². The maximum absolute atomic E-state index is 5.56. The van der Waals surface area contributed by atoms with Crippen LogP contribution in [0.25, 0.3) is 0 Å². The quantitative estimate of drug-likeness (QED) is 0.207. The molecule has 0 spiro atoms. The van der Waals surface area contributed by atoms with Gasteiger partial charge in [-0.3, -0.25) is 0 Å². The van der Waals surface area contributed by atoms with Gasteiger partial charge in [-0.25, -0.2) is 0 Å². The van der Waals surface area contributed by atoms with E-state index < -0.39 is 0 Å². The maximum Gasteiger partial charge on any atom is 0.157 e. The predicted molar refractivity (Wildman–Crippen MR) is 97.0 cm³/mol. The summed E-state index contributed by atoms with van der Waals surface area (Å²) in [5, 5.41) is 0. The standard InChI is InChI=1S/C20H41O2/c1-4-7-8-9-10-11-12-13-14-15-16-17-18-19-20(21-5-2)22-6-3/h7,20H,4-6,8-19H2,1-3H3. The van der Waals surface area contributed by atoms with Gasteiger partial charge < -0.3 is 9.47 Å². The van der Waals surface area contributed by atoms with Gasteiger partial charge in [-0.05, 0) is 33.1 Å². The number of hydrogen-bond acceptors (Lipinski definition) is 2. The molecule has 0 aliphatic carbocycles. The Balaban J connectivity index is 3.16. The zero-order chi connectivity index (χ0) is 16.3. The molecule has 0 fully saturated rings. The van der Waals surface area contributed by atoms with Gasteiger partial charge in [0.25, 0.3) is 0 Å². The number of rotatable bonds is 18. The molecule has 0 N–H and O–H groups in total. The zero-order valence-corrected chi connectivity index (χ0v) is 15.6. The maximum atomic E-state index is 5.56. The molecule has 0 atom stereocenters. The number of unbranched alkanes of at least 4 members (excludes halogenated alkanes) is 12. The highest BCUT2D eigenvalue weighted by Gasteiger charge is 2.06. The lowest BCUT2D eigenvalue weighted by Crippen LogP contribution is -2.17. The normalized spacial score (nSPS) is 11.5. The van der Waals surface area contributed by atoms with Crippen molar-refractivity contribution >= 4 is 0 Å². The van der Waals surface area contributed by atoms with Gasteiger partial charge in [0.2, 0.25) is 0 Å². The van der Waals surface area contributed by atoms with E-state index in [4.69, 9.17) is 9.47 Å². The van der Waals surface area contributed by atoms with Crippen LogP contribution in [0.2, 0.25) is 0 Å². The molecule has 1 radical (unpaired) electrons. The van der Waals surface area contributed by atoms with Gasteiger partial charge >= 0.3 is 0 Å². The lowest BCUT2D eigenvalue weighted by atomic mass is 10.0. The summed E-state index contributed by atoms with van der Waals surface area (Å²) in [5.74, 6) is 0. The Morgan fingerprint density at radius 1 is 0.636 bits per heavy atom. The first-order chi connectivity index (χ1) is 10.8. The largest absolute Gasteiger partial charge is 0.353 e. The monoisotopic (exact) mass is 313 g/mol. The van der Waals surface area contributed by atoms with Gasteiger partial charge in [-0.2, -0.15) is 0 Å². The van der Waals surface area contributed by atoms with E-state index in [-0.39, 0.29) is 6.29 Å². The third-order valence-electron chi connectivity index (χ3n) is 4.09. The SMILES string of the molecule is CC[CH]CCCCCCCCCCCCC(OCC)OCC. The Morgan fingerprint density at radius 2 is 1.09 bits per heavy atom. The van der Waals surface area contributed by atoms with Gasteiger partial charge in [-0.15, -0.1) is 0 Å². The fourth-order valence-corrected chi connectivity index (χ4v) is 2.80. The van der Waals surface area contributed by atoms with Gasteiger partial charge in [0.05, 0.1) is 0 Å². The average molecular weight is 314 g/mol. The molecule has 0 saturated heterocycles. The number of hydrogen-bond donors (Lipinski definition) is 0. The molecule has 0 rings (SSSR count). The summed E-state index contributed by atoms with van der Waals surface area (Å²) in [4.78, 5) is 0. The molecule has 0 heterocycles. The fourth-order valence-electron chi connectivity index (χ4n) is 2.80. The van der Waals surface area contributed by atoms with Crippen molar-refractivity contribution < 1.29 is 9.47 Å². The van der Waals surface area contributed by atoms with Gasteiger partial charge in [0, 0.05) is 13.2 Å². The van der Waals surface area contributed by atoms with Gasteiger partial charge in [-0.1, -0.05) is 77.6 Å². The minimum atomic E-state index is 0.0277. The van der Waals surface area contributed by atoms with Crippen LogP contribution in [0.15, 0.2) is 0 Å². The van der Waals surface area contributed by atoms with E-state index in [1.807, 2.05) is 13.8 Å². The zero-order valence-electron chi connectivity index (χ0n) is 15.6. The fraction of sp³-hybridized carbons (Fsp3) is 0.950. The molecule has 0 aromatic carbocycles. The van der Waals surface area contributed by atoms with Crippen molar-refractivity contribution in [3.63, 3.8) is 0 Å². The van der Waals surface area contributed by atoms with Crippen molar-refractivity contribution in [2.45, 2.75) is 111 Å². The first-order valence-electron chi connectivity index (χ1n) is 9.89. The van der Waals surface area contributed by atoms with Crippen LogP contribution >= 0.6 is 0 Å². The van der Waals surface area contributed by atoms with Crippen molar-refractivity contribution in [1.29, 1.82) is 0 Å². The molecular weight excluding hydrogens is 272 g/mol. The van der Waals surface area contributed by atoms with Crippen LogP contribution in [-0.2, 0) is 9.47 Å². The molecule has 2 heteroatoms. The summed E-state index contributed by atoms with van der Waals surface area (Å²) in [7, 11) is 0. The van der Waals surface area contributed by atoms with Crippen molar-refractivity contribution in [3.05, 3.63) is 6.42 Å². The van der Waals surface area contributed by atoms with Crippen LogP contribution in [0.4, 0.5) is 0 Å². The van der Waals surface area contributed by atoms with Crippen LogP contribution in [0, 0.1) is 6.42 Å².